The predicted octanol–water partition coefficient (Wildman–Crippen LogP) is 1.54. The van der Waals surface area contributed by atoms with Crippen LogP contribution in [0.3, 0.4) is 0 Å². The summed E-state index contributed by atoms with van der Waals surface area (Å²) in [5.41, 5.74) is 7.63. The van der Waals surface area contributed by atoms with Gasteiger partial charge in [-0.25, -0.2) is 0 Å². The summed E-state index contributed by atoms with van der Waals surface area (Å²) in [5.74, 6) is 0. The Morgan fingerprint density at radius 2 is 2.33 bits per heavy atom. The molecule has 1 aromatic carbocycles. The number of nitrogens with one attached hydrogen (secondary N) is 1. The quantitative estimate of drug-likeness (QED) is 0.400. The van der Waals surface area contributed by atoms with Gasteiger partial charge in [0, 0.05) is 18.8 Å². The average Bonchev–Trinajstić information content (AvgIpc) is 2.05. The predicted molar refractivity (Wildman–Crippen MR) is 52.8 cm³/mol. The molecule has 0 aromatic heterocycles. The molecule has 0 atom stereocenters. The maximum Gasteiger partial charge on any atom is 0.0317 e. The number of hydrogen-bond acceptors (Lipinski definition) is 2. The molecule has 1 aromatic rings. The van der Waals surface area contributed by atoms with E-state index in [-0.39, 0.29) is 0 Å². The average molecular weight is 162 g/mol. The number of anilines is 1. The third kappa shape index (κ3) is 2.76. The van der Waals surface area contributed by atoms with Gasteiger partial charge < -0.3 is 11.1 Å². The van der Waals surface area contributed by atoms with Crippen LogP contribution in [0.1, 0.15) is 5.56 Å². The standard InChI is InChI=1S/C10H14N2/c1-2-6-12-8-9-4-3-5-10(11)7-9/h2-5,7,12H,1,6,8,11H2. The Hall–Kier alpha value is -1.28. The van der Waals surface area contributed by atoms with Crippen molar-refractivity contribution in [3.8, 4) is 0 Å². The third-order valence-corrected chi connectivity index (χ3v) is 1.57. The molecule has 0 aliphatic heterocycles. The maximum absolute atomic E-state index is 5.61. The van der Waals surface area contributed by atoms with Crippen molar-refractivity contribution < 1.29 is 0 Å². The number of benzene rings is 1. The molecule has 0 amide bonds. The molecule has 2 nitrogen and oxygen atoms in total. The fraction of sp³-hybridized carbons (Fsp3) is 0.200. The van der Waals surface area contributed by atoms with Crippen molar-refractivity contribution in [3.63, 3.8) is 0 Å². The Kier molecular flexibility index (Phi) is 3.35. The number of rotatable bonds is 4. The fourth-order valence-electron chi connectivity index (χ4n) is 1.02. The lowest BCUT2D eigenvalue weighted by atomic mass is 10.2. The van der Waals surface area contributed by atoms with Gasteiger partial charge in [-0.05, 0) is 17.7 Å². The van der Waals surface area contributed by atoms with E-state index in [1.165, 1.54) is 5.56 Å². The van der Waals surface area contributed by atoms with Crippen molar-refractivity contribution in [1.82, 2.24) is 5.32 Å². The number of nitrogen functional groups attached to an aromatic ring is 1. The van der Waals surface area contributed by atoms with Crippen molar-refractivity contribution >= 4 is 5.69 Å². The highest BCUT2D eigenvalue weighted by atomic mass is 14.8. The summed E-state index contributed by atoms with van der Waals surface area (Å²) < 4.78 is 0. The topological polar surface area (TPSA) is 38.0 Å². The van der Waals surface area contributed by atoms with Crippen LogP contribution in [-0.2, 0) is 6.54 Å². The highest BCUT2D eigenvalue weighted by Crippen LogP contribution is 2.05. The van der Waals surface area contributed by atoms with Crippen LogP contribution in [0.25, 0.3) is 0 Å². The van der Waals surface area contributed by atoms with Crippen LogP contribution in [0.2, 0.25) is 0 Å². The summed E-state index contributed by atoms with van der Waals surface area (Å²) in [7, 11) is 0. The normalized spacial score (nSPS) is 9.67. The minimum Gasteiger partial charge on any atom is -0.399 e. The monoisotopic (exact) mass is 162 g/mol. The SMILES string of the molecule is C=CCNCc1cccc(N)c1. The van der Waals surface area contributed by atoms with Crippen LogP contribution in [0.15, 0.2) is 36.9 Å². The second-order valence-corrected chi connectivity index (χ2v) is 2.66. The molecular formula is C10H14N2. The molecule has 3 N–H and O–H groups in total. The molecule has 0 aliphatic rings. The second kappa shape index (κ2) is 4.57. The molecular weight excluding hydrogens is 148 g/mol. The highest BCUT2D eigenvalue weighted by Gasteiger charge is 1.90. The molecule has 0 saturated heterocycles. The van der Waals surface area contributed by atoms with Gasteiger partial charge >= 0.3 is 0 Å². The van der Waals surface area contributed by atoms with E-state index in [0.717, 1.165) is 18.8 Å². The molecule has 2 heteroatoms. The minimum atomic E-state index is 0.813. The molecule has 64 valence electrons. The van der Waals surface area contributed by atoms with Gasteiger partial charge in [-0.1, -0.05) is 18.2 Å². The van der Waals surface area contributed by atoms with E-state index in [9.17, 15) is 0 Å². The molecule has 0 aliphatic carbocycles. The van der Waals surface area contributed by atoms with Gasteiger partial charge in [0.15, 0.2) is 0 Å². The molecule has 0 bridgehead atoms. The van der Waals surface area contributed by atoms with E-state index in [1.54, 1.807) is 0 Å². The Balaban J connectivity index is 2.46. The molecule has 1 rings (SSSR count). The first-order chi connectivity index (χ1) is 5.83. The Morgan fingerprint density at radius 1 is 1.50 bits per heavy atom. The first-order valence-corrected chi connectivity index (χ1v) is 3.99. The van der Waals surface area contributed by atoms with E-state index in [0.29, 0.717) is 0 Å². The number of nitrogens with two attached hydrogens (primary N) is 1. The van der Waals surface area contributed by atoms with Gasteiger partial charge in [-0.15, -0.1) is 6.58 Å². The van der Waals surface area contributed by atoms with Crippen molar-refractivity contribution in [2.24, 2.45) is 0 Å². The summed E-state index contributed by atoms with van der Waals surface area (Å²) in [6.07, 6.45) is 1.84. The van der Waals surface area contributed by atoms with Crippen molar-refractivity contribution in [2.45, 2.75) is 6.54 Å². The third-order valence-electron chi connectivity index (χ3n) is 1.57. The smallest absolute Gasteiger partial charge is 0.0317 e. The molecule has 0 saturated carbocycles. The summed E-state index contributed by atoms with van der Waals surface area (Å²) in [6.45, 7) is 5.29. The minimum absolute atomic E-state index is 0.813. The number of hydrogen-bond donors (Lipinski definition) is 2. The summed E-state index contributed by atoms with van der Waals surface area (Å²) in [5, 5.41) is 3.20. The fourth-order valence-corrected chi connectivity index (χ4v) is 1.02. The van der Waals surface area contributed by atoms with Gasteiger partial charge in [0.05, 0.1) is 0 Å². The Bertz CT molecular complexity index is 256. The van der Waals surface area contributed by atoms with Crippen molar-refractivity contribution in [3.05, 3.63) is 42.5 Å². The van der Waals surface area contributed by atoms with Crippen LogP contribution < -0.4 is 11.1 Å². The molecule has 0 heterocycles. The lowest BCUT2D eigenvalue weighted by Crippen LogP contribution is -2.12. The zero-order chi connectivity index (χ0) is 8.81. The van der Waals surface area contributed by atoms with Gasteiger partial charge in [0.2, 0.25) is 0 Å². The van der Waals surface area contributed by atoms with Gasteiger partial charge in [0.25, 0.3) is 0 Å². The first-order valence-electron chi connectivity index (χ1n) is 3.99. The lowest BCUT2D eigenvalue weighted by molar-refractivity contribution is 0.761. The van der Waals surface area contributed by atoms with Crippen LogP contribution in [-0.4, -0.2) is 6.54 Å². The van der Waals surface area contributed by atoms with Crippen LogP contribution in [0, 0.1) is 0 Å². The van der Waals surface area contributed by atoms with Crippen molar-refractivity contribution in [2.75, 3.05) is 12.3 Å². The largest absolute Gasteiger partial charge is 0.399 e. The highest BCUT2D eigenvalue weighted by molar-refractivity contribution is 5.40. The zero-order valence-corrected chi connectivity index (χ0v) is 7.09. The maximum atomic E-state index is 5.61. The van der Waals surface area contributed by atoms with Crippen LogP contribution >= 0.6 is 0 Å². The first kappa shape index (κ1) is 8.81. The summed E-state index contributed by atoms with van der Waals surface area (Å²) in [6, 6.07) is 7.86. The molecule has 0 spiro atoms. The van der Waals surface area contributed by atoms with Crippen LogP contribution in [0.4, 0.5) is 5.69 Å². The van der Waals surface area contributed by atoms with E-state index >= 15 is 0 Å². The molecule has 12 heavy (non-hydrogen) atoms. The van der Waals surface area contributed by atoms with E-state index in [4.69, 9.17) is 5.73 Å². The summed E-state index contributed by atoms with van der Waals surface area (Å²) >= 11 is 0. The van der Waals surface area contributed by atoms with Gasteiger partial charge in [-0.2, -0.15) is 0 Å². The van der Waals surface area contributed by atoms with Crippen LogP contribution in [0.5, 0.6) is 0 Å². The zero-order valence-electron chi connectivity index (χ0n) is 7.09. The second-order valence-electron chi connectivity index (χ2n) is 2.66. The Labute approximate surface area is 73.1 Å². The van der Waals surface area contributed by atoms with Gasteiger partial charge in [0.1, 0.15) is 0 Å². The molecule has 0 radical (unpaired) electrons. The van der Waals surface area contributed by atoms with E-state index in [2.05, 4.69) is 11.9 Å². The molecule has 0 unspecified atom stereocenters. The lowest BCUT2D eigenvalue weighted by Gasteiger charge is -2.02. The summed E-state index contributed by atoms with van der Waals surface area (Å²) in [4.78, 5) is 0. The Morgan fingerprint density at radius 3 is 3.00 bits per heavy atom. The van der Waals surface area contributed by atoms with Crippen molar-refractivity contribution in [1.29, 1.82) is 0 Å². The molecule has 0 fully saturated rings. The van der Waals surface area contributed by atoms with E-state index in [1.807, 2.05) is 30.3 Å². The van der Waals surface area contributed by atoms with Gasteiger partial charge in [-0.3, -0.25) is 0 Å². The van der Waals surface area contributed by atoms with E-state index < -0.39 is 0 Å².